The van der Waals surface area contributed by atoms with E-state index in [0.29, 0.717) is 41.9 Å². The molecular formula is C36H48ClF2N3O4. The van der Waals surface area contributed by atoms with Gasteiger partial charge < -0.3 is 24.2 Å². The van der Waals surface area contributed by atoms with Gasteiger partial charge in [0.15, 0.2) is 0 Å². The van der Waals surface area contributed by atoms with E-state index in [1.165, 1.54) is 23.1 Å². The highest BCUT2D eigenvalue weighted by molar-refractivity contribution is 6.34. The normalized spacial score (nSPS) is 18.5. The molecule has 0 aliphatic carbocycles. The summed E-state index contributed by atoms with van der Waals surface area (Å²) >= 11 is 6.47. The minimum Gasteiger partial charge on any atom is -0.494 e. The number of halogens is 3. The van der Waals surface area contributed by atoms with Gasteiger partial charge >= 0.3 is 0 Å². The van der Waals surface area contributed by atoms with Crippen molar-refractivity contribution >= 4 is 29.1 Å². The average Bonchev–Trinajstić information content (AvgIpc) is 3.01. The summed E-state index contributed by atoms with van der Waals surface area (Å²) in [7, 11) is 3.41. The number of amides is 2. The summed E-state index contributed by atoms with van der Waals surface area (Å²) in [4.78, 5) is 31.9. The molecule has 46 heavy (non-hydrogen) atoms. The third-order valence-electron chi connectivity index (χ3n) is 9.50. The van der Waals surface area contributed by atoms with Gasteiger partial charge in [0.1, 0.15) is 5.75 Å². The van der Waals surface area contributed by atoms with E-state index in [4.69, 9.17) is 21.1 Å². The Kier molecular flexibility index (Phi) is 11.4. The van der Waals surface area contributed by atoms with Crippen molar-refractivity contribution in [3.05, 3.63) is 71.3 Å². The van der Waals surface area contributed by atoms with Crippen molar-refractivity contribution < 1.29 is 27.8 Å². The molecule has 2 aliphatic rings. The predicted octanol–water partition coefficient (Wildman–Crippen LogP) is 7.43. The van der Waals surface area contributed by atoms with E-state index >= 15 is 8.78 Å². The summed E-state index contributed by atoms with van der Waals surface area (Å²) in [5.41, 5.74) is -0.934. The molecule has 0 unspecified atom stereocenters. The third kappa shape index (κ3) is 7.68. The number of carbonyl (C=O) groups is 2. The van der Waals surface area contributed by atoms with Crippen LogP contribution < -0.4 is 9.64 Å². The number of benzene rings is 2. The van der Waals surface area contributed by atoms with Gasteiger partial charge in [-0.05, 0) is 80.7 Å². The molecule has 2 heterocycles. The quantitative estimate of drug-likeness (QED) is 0.222. The number of ether oxygens (including phenoxy) is 2. The van der Waals surface area contributed by atoms with Crippen LogP contribution in [0.25, 0.3) is 0 Å². The Labute approximate surface area is 277 Å². The maximum absolute atomic E-state index is 15.6. The summed E-state index contributed by atoms with van der Waals surface area (Å²) in [6, 6.07) is 11.9. The number of anilines is 1. The number of alkyl halides is 2. The first-order valence-electron chi connectivity index (χ1n) is 16.2. The van der Waals surface area contributed by atoms with Crippen molar-refractivity contribution in [1.82, 2.24) is 9.80 Å². The van der Waals surface area contributed by atoms with Gasteiger partial charge in [0.25, 0.3) is 17.7 Å². The molecular weight excluding hydrogens is 612 g/mol. The first kappa shape index (κ1) is 35.7. The Bertz CT molecular complexity index is 1380. The van der Waals surface area contributed by atoms with Crippen LogP contribution >= 0.6 is 11.6 Å². The zero-order chi connectivity index (χ0) is 33.7. The van der Waals surface area contributed by atoms with Gasteiger partial charge in [-0.15, -0.1) is 6.58 Å². The largest absolute Gasteiger partial charge is 0.494 e. The first-order valence-corrected chi connectivity index (χ1v) is 16.5. The van der Waals surface area contributed by atoms with E-state index in [2.05, 4.69) is 18.4 Å². The molecule has 0 bridgehead atoms. The van der Waals surface area contributed by atoms with Crippen molar-refractivity contribution in [3.63, 3.8) is 0 Å². The Hall–Kier alpha value is -3.17. The predicted molar refractivity (Wildman–Crippen MR) is 179 cm³/mol. The Morgan fingerprint density at radius 3 is 2.35 bits per heavy atom. The van der Waals surface area contributed by atoms with Crippen LogP contribution in [0.4, 0.5) is 14.5 Å². The fraction of sp³-hybridized carbons (Fsp3) is 0.556. The number of hydrogen-bond donors (Lipinski definition) is 0. The minimum atomic E-state index is -3.51. The van der Waals surface area contributed by atoms with E-state index in [9.17, 15) is 9.59 Å². The number of nitrogens with zero attached hydrogens (tertiary/aromatic N) is 3. The van der Waals surface area contributed by atoms with Crippen LogP contribution in [0.2, 0.25) is 5.02 Å². The van der Waals surface area contributed by atoms with E-state index in [1.54, 1.807) is 37.2 Å². The minimum absolute atomic E-state index is 0.00460. The number of likely N-dealkylation sites (tertiary alicyclic amines) is 1. The van der Waals surface area contributed by atoms with Crippen molar-refractivity contribution in [3.8, 4) is 5.75 Å². The highest BCUT2D eigenvalue weighted by Gasteiger charge is 2.60. The van der Waals surface area contributed by atoms with Crippen LogP contribution in [0.5, 0.6) is 5.75 Å². The second kappa shape index (κ2) is 14.7. The van der Waals surface area contributed by atoms with Gasteiger partial charge in [0.2, 0.25) is 5.60 Å². The zero-order valence-corrected chi connectivity index (χ0v) is 28.5. The van der Waals surface area contributed by atoms with Crippen LogP contribution in [-0.2, 0) is 15.1 Å². The standard InChI is InChI=1S/C36H48ClF2N3O4/c1-7-22-46-36(35(4,38)39,27-10-9-11-29(23-27)45-8-2)33(44)42-20-16-34(3,17-21-42)25-26-14-18-41(19-15-26)28-12-13-30(31(37)24-28)32(43)40(5)6/h7,9-13,23-24,26H,1,8,14-22,25H2,2-6H3/t36-/m1/s1. The average molecular weight is 660 g/mol. The lowest BCUT2D eigenvalue weighted by molar-refractivity contribution is -0.215. The Balaban J connectivity index is 1.41. The molecule has 0 aromatic heterocycles. The van der Waals surface area contributed by atoms with Crippen molar-refractivity contribution in [2.45, 2.75) is 64.4 Å². The topological polar surface area (TPSA) is 62.3 Å². The molecule has 0 N–H and O–H groups in total. The van der Waals surface area contributed by atoms with Gasteiger partial charge in [0.05, 0.1) is 23.8 Å². The maximum Gasteiger partial charge on any atom is 0.287 e. The van der Waals surface area contributed by atoms with Crippen LogP contribution in [0.15, 0.2) is 55.1 Å². The second-order valence-corrected chi connectivity index (χ2v) is 13.6. The SMILES string of the molecule is C=CCO[C@@](C(=O)N1CCC(C)(CC2CCN(c3ccc(C(=O)N(C)C)c(Cl)c3)CC2)CC1)(c1cccc(OCC)c1)C(C)(F)F. The number of piperidine rings is 2. The van der Waals surface area contributed by atoms with E-state index in [1.807, 2.05) is 19.1 Å². The monoisotopic (exact) mass is 659 g/mol. The Morgan fingerprint density at radius 2 is 1.78 bits per heavy atom. The molecule has 2 amide bonds. The molecule has 0 radical (unpaired) electrons. The molecule has 2 aromatic carbocycles. The van der Waals surface area contributed by atoms with Gasteiger partial charge in [-0.25, -0.2) is 8.78 Å². The molecule has 7 nitrogen and oxygen atoms in total. The van der Waals surface area contributed by atoms with E-state index in [0.717, 1.165) is 57.8 Å². The zero-order valence-electron chi connectivity index (χ0n) is 27.8. The molecule has 2 saturated heterocycles. The van der Waals surface area contributed by atoms with Crippen LogP contribution in [-0.4, -0.2) is 81.0 Å². The molecule has 10 heteroatoms. The maximum atomic E-state index is 15.6. The molecule has 0 spiro atoms. The lowest BCUT2D eigenvalue weighted by atomic mass is 9.71. The summed E-state index contributed by atoms with van der Waals surface area (Å²) in [5.74, 6) is -3.45. The summed E-state index contributed by atoms with van der Waals surface area (Å²) < 4.78 is 42.6. The fourth-order valence-electron chi connectivity index (χ4n) is 6.88. The summed E-state index contributed by atoms with van der Waals surface area (Å²) in [6.07, 6.45) is 5.88. The molecule has 4 rings (SSSR count). The van der Waals surface area contributed by atoms with Gasteiger partial charge in [-0.1, -0.05) is 36.7 Å². The lowest BCUT2D eigenvalue weighted by Gasteiger charge is -2.46. The lowest BCUT2D eigenvalue weighted by Crippen LogP contribution is -2.59. The van der Waals surface area contributed by atoms with Crippen LogP contribution in [0, 0.1) is 11.3 Å². The second-order valence-electron chi connectivity index (χ2n) is 13.2. The highest BCUT2D eigenvalue weighted by Crippen LogP contribution is 2.46. The smallest absolute Gasteiger partial charge is 0.287 e. The van der Waals surface area contributed by atoms with Crippen LogP contribution in [0.1, 0.15) is 68.8 Å². The molecule has 1 atom stereocenters. The fourth-order valence-corrected chi connectivity index (χ4v) is 7.13. The number of carbonyl (C=O) groups excluding carboxylic acids is 2. The molecule has 0 saturated carbocycles. The molecule has 252 valence electrons. The molecule has 2 fully saturated rings. The van der Waals surface area contributed by atoms with E-state index in [-0.39, 0.29) is 23.5 Å². The summed E-state index contributed by atoms with van der Waals surface area (Å²) in [6.45, 7) is 11.1. The number of hydrogen-bond acceptors (Lipinski definition) is 5. The summed E-state index contributed by atoms with van der Waals surface area (Å²) in [5, 5.41) is 0.453. The first-order chi connectivity index (χ1) is 21.7. The molecule has 2 aromatic rings. The van der Waals surface area contributed by atoms with Crippen LogP contribution in [0.3, 0.4) is 0 Å². The number of rotatable bonds is 12. The molecule has 2 aliphatic heterocycles. The van der Waals surface area contributed by atoms with Crippen molar-refractivity contribution in [2.75, 3.05) is 58.4 Å². The van der Waals surface area contributed by atoms with Gasteiger partial charge in [-0.3, -0.25) is 9.59 Å². The highest BCUT2D eigenvalue weighted by atomic mass is 35.5. The van der Waals surface area contributed by atoms with E-state index < -0.39 is 17.4 Å². The Morgan fingerprint density at radius 1 is 1.11 bits per heavy atom. The van der Waals surface area contributed by atoms with Gasteiger partial charge in [0, 0.05) is 58.4 Å². The van der Waals surface area contributed by atoms with Crippen molar-refractivity contribution in [2.24, 2.45) is 11.3 Å². The van der Waals surface area contributed by atoms with Gasteiger partial charge in [-0.2, -0.15) is 0 Å². The third-order valence-corrected chi connectivity index (χ3v) is 9.81. The van der Waals surface area contributed by atoms with Crippen molar-refractivity contribution in [1.29, 1.82) is 0 Å².